The highest BCUT2D eigenvalue weighted by molar-refractivity contribution is 6.01. The van der Waals surface area contributed by atoms with Crippen molar-refractivity contribution < 1.29 is 9.90 Å². The molecule has 1 aromatic carbocycles. The maximum absolute atomic E-state index is 12.7. The lowest BCUT2D eigenvalue weighted by Crippen LogP contribution is -2.22. The summed E-state index contributed by atoms with van der Waals surface area (Å²) in [6.07, 6.45) is 7.60. The Kier molecular flexibility index (Phi) is 3.45. The minimum Gasteiger partial charge on any atom is -0.506 e. The molecule has 1 aliphatic carbocycles. The molecule has 0 saturated heterocycles. The lowest BCUT2D eigenvalue weighted by molar-refractivity contribution is 0.0888. The van der Waals surface area contributed by atoms with E-state index in [4.69, 9.17) is 0 Å². The summed E-state index contributed by atoms with van der Waals surface area (Å²) in [4.78, 5) is 12.7. The Morgan fingerprint density at radius 3 is 2.74 bits per heavy atom. The van der Waals surface area contributed by atoms with Crippen LogP contribution in [-0.2, 0) is 6.42 Å². The summed E-state index contributed by atoms with van der Waals surface area (Å²) >= 11 is 0. The van der Waals surface area contributed by atoms with Crippen molar-refractivity contribution in [2.24, 2.45) is 5.92 Å². The average Bonchev–Trinajstić information content (AvgIpc) is 2.48. The highest BCUT2D eigenvalue weighted by Gasteiger charge is 2.26. The van der Waals surface area contributed by atoms with Crippen LogP contribution in [0.3, 0.4) is 0 Å². The van der Waals surface area contributed by atoms with Crippen LogP contribution in [0.1, 0.15) is 54.4 Å². The normalized spacial score (nSPS) is 19.6. The van der Waals surface area contributed by atoms with Gasteiger partial charge < -0.3 is 10.4 Å². The van der Waals surface area contributed by atoms with Crippen LogP contribution in [0.4, 0.5) is 5.69 Å². The molecular weight excluding hydrogens is 238 g/mol. The number of fused-ring (bicyclic) bond motifs is 1. The fraction of sp³-hybridized carbons (Fsp3) is 0.562. The number of phenolic OH excluding ortho intramolecular Hbond substituents is 1. The van der Waals surface area contributed by atoms with Crippen LogP contribution in [0.15, 0.2) is 12.1 Å². The van der Waals surface area contributed by atoms with Gasteiger partial charge in [-0.1, -0.05) is 19.3 Å². The summed E-state index contributed by atoms with van der Waals surface area (Å²) in [5, 5.41) is 13.1. The number of hydrogen-bond acceptors (Lipinski definition) is 3. The molecule has 3 heteroatoms. The van der Waals surface area contributed by atoms with Gasteiger partial charge in [0.1, 0.15) is 5.75 Å². The first-order valence-electron chi connectivity index (χ1n) is 7.40. The average molecular weight is 259 g/mol. The largest absolute Gasteiger partial charge is 0.506 e. The van der Waals surface area contributed by atoms with Crippen LogP contribution in [-0.4, -0.2) is 17.4 Å². The number of benzene rings is 1. The third-order valence-corrected chi connectivity index (χ3v) is 4.44. The van der Waals surface area contributed by atoms with Gasteiger partial charge in [-0.05, 0) is 43.4 Å². The van der Waals surface area contributed by atoms with Crippen LogP contribution in [0.5, 0.6) is 5.75 Å². The molecule has 0 bridgehead atoms. The van der Waals surface area contributed by atoms with Gasteiger partial charge in [0, 0.05) is 18.0 Å². The molecule has 1 fully saturated rings. The summed E-state index contributed by atoms with van der Waals surface area (Å²) in [7, 11) is 0. The van der Waals surface area contributed by atoms with E-state index in [0.717, 1.165) is 49.0 Å². The standard InChI is InChI=1S/C16H21NO2/c18-14-9-8-13(12-7-4-10-17-15(12)14)16(19)11-5-2-1-3-6-11/h8-9,11,17-18H,1-7,10H2. The van der Waals surface area contributed by atoms with E-state index in [1.807, 2.05) is 6.07 Å². The number of anilines is 1. The predicted molar refractivity (Wildman–Crippen MR) is 75.8 cm³/mol. The number of hydrogen-bond donors (Lipinski definition) is 2. The van der Waals surface area contributed by atoms with Gasteiger partial charge in [-0.3, -0.25) is 4.79 Å². The molecule has 1 aliphatic heterocycles. The lowest BCUT2D eigenvalue weighted by atomic mass is 9.81. The topological polar surface area (TPSA) is 49.3 Å². The Hall–Kier alpha value is -1.51. The van der Waals surface area contributed by atoms with E-state index in [9.17, 15) is 9.90 Å². The summed E-state index contributed by atoms with van der Waals surface area (Å²) < 4.78 is 0. The molecule has 0 unspecified atom stereocenters. The van der Waals surface area contributed by atoms with Crippen LogP contribution in [0, 0.1) is 5.92 Å². The van der Waals surface area contributed by atoms with Crippen molar-refractivity contribution in [1.29, 1.82) is 0 Å². The van der Waals surface area contributed by atoms with Crippen molar-refractivity contribution in [3.8, 4) is 5.75 Å². The van der Waals surface area contributed by atoms with Crippen molar-refractivity contribution in [2.75, 3.05) is 11.9 Å². The number of rotatable bonds is 2. The molecule has 2 N–H and O–H groups in total. The molecule has 102 valence electrons. The van der Waals surface area contributed by atoms with Crippen LogP contribution >= 0.6 is 0 Å². The Morgan fingerprint density at radius 1 is 1.16 bits per heavy atom. The lowest BCUT2D eigenvalue weighted by Gasteiger charge is -2.25. The highest BCUT2D eigenvalue weighted by atomic mass is 16.3. The molecule has 3 rings (SSSR count). The molecule has 1 aromatic rings. The Morgan fingerprint density at radius 2 is 1.95 bits per heavy atom. The van der Waals surface area contributed by atoms with Crippen molar-refractivity contribution in [3.63, 3.8) is 0 Å². The van der Waals surface area contributed by atoms with Gasteiger partial charge in [0.15, 0.2) is 5.78 Å². The number of ketones is 1. The Labute approximate surface area is 114 Å². The van der Waals surface area contributed by atoms with Gasteiger partial charge >= 0.3 is 0 Å². The first kappa shape index (κ1) is 12.5. The van der Waals surface area contributed by atoms with E-state index < -0.39 is 0 Å². The predicted octanol–water partition coefficient (Wildman–Crippen LogP) is 3.51. The van der Waals surface area contributed by atoms with Crippen LogP contribution in [0.2, 0.25) is 0 Å². The van der Waals surface area contributed by atoms with Crippen molar-refractivity contribution >= 4 is 11.5 Å². The van der Waals surface area contributed by atoms with Gasteiger partial charge in [0.05, 0.1) is 5.69 Å². The van der Waals surface area contributed by atoms with Crippen molar-refractivity contribution in [3.05, 3.63) is 23.3 Å². The third kappa shape index (κ3) is 2.34. The number of nitrogens with one attached hydrogen (secondary N) is 1. The van der Waals surface area contributed by atoms with E-state index in [1.165, 1.54) is 19.3 Å². The molecule has 2 aliphatic rings. The summed E-state index contributed by atoms with van der Waals surface area (Å²) in [5.41, 5.74) is 2.65. The monoisotopic (exact) mass is 259 g/mol. The third-order valence-electron chi connectivity index (χ3n) is 4.44. The van der Waals surface area contributed by atoms with E-state index in [-0.39, 0.29) is 11.7 Å². The number of carbonyl (C=O) groups is 1. The minimum absolute atomic E-state index is 0.198. The fourth-order valence-electron chi connectivity index (χ4n) is 3.39. The second-order valence-corrected chi connectivity index (χ2v) is 5.72. The van der Waals surface area contributed by atoms with Gasteiger partial charge in [-0.25, -0.2) is 0 Å². The SMILES string of the molecule is O=C(c1ccc(O)c2c1CCCN2)C1CCCCC1. The first-order chi connectivity index (χ1) is 9.27. The quantitative estimate of drug-likeness (QED) is 0.631. The zero-order valence-electron chi connectivity index (χ0n) is 11.2. The maximum Gasteiger partial charge on any atom is 0.166 e. The maximum atomic E-state index is 12.7. The van der Waals surface area contributed by atoms with Gasteiger partial charge in [-0.2, -0.15) is 0 Å². The molecule has 0 atom stereocenters. The van der Waals surface area contributed by atoms with Gasteiger partial charge in [0.25, 0.3) is 0 Å². The molecule has 0 amide bonds. The molecule has 1 heterocycles. The fourth-order valence-corrected chi connectivity index (χ4v) is 3.39. The first-order valence-corrected chi connectivity index (χ1v) is 7.40. The molecule has 1 saturated carbocycles. The van der Waals surface area contributed by atoms with E-state index in [2.05, 4.69) is 5.32 Å². The number of aromatic hydroxyl groups is 1. The van der Waals surface area contributed by atoms with Gasteiger partial charge in [-0.15, -0.1) is 0 Å². The molecule has 0 aromatic heterocycles. The van der Waals surface area contributed by atoms with E-state index >= 15 is 0 Å². The minimum atomic E-state index is 0.198. The molecule has 19 heavy (non-hydrogen) atoms. The molecule has 0 spiro atoms. The molecule has 0 radical (unpaired) electrons. The highest BCUT2D eigenvalue weighted by Crippen LogP contribution is 2.36. The second kappa shape index (κ2) is 5.24. The molecule has 3 nitrogen and oxygen atoms in total. The van der Waals surface area contributed by atoms with Crippen molar-refractivity contribution in [1.82, 2.24) is 0 Å². The smallest absolute Gasteiger partial charge is 0.166 e. The van der Waals surface area contributed by atoms with E-state index in [0.29, 0.717) is 5.78 Å². The number of phenols is 1. The zero-order chi connectivity index (χ0) is 13.2. The van der Waals surface area contributed by atoms with Crippen LogP contribution in [0.25, 0.3) is 0 Å². The summed E-state index contributed by atoms with van der Waals surface area (Å²) in [6, 6.07) is 3.48. The zero-order valence-corrected chi connectivity index (χ0v) is 11.2. The summed E-state index contributed by atoms with van der Waals surface area (Å²) in [5.74, 6) is 0.763. The van der Waals surface area contributed by atoms with Gasteiger partial charge in [0.2, 0.25) is 0 Å². The Balaban J connectivity index is 1.93. The van der Waals surface area contributed by atoms with E-state index in [1.54, 1.807) is 6.07 Å². The number of carbonyl (C=O) groups excluding carboxylic acids is 1. The van der Waals surface area contributed by atoms with Crippen LogP contribution < -0.4 is 5.32 Å². The Bertz CT molecular complexity index is 490. The second-order valence-electron chi connectivity index (χ2n) is 5.72. The summed E-state index contributed by atoms with van der Waals surface area (Å²) in [6.45, 7) is 0.877. The number of Topliss-reactive ketones (excluding diaryl/α,β-unsaturated/α-hetero) is 1. The molecular formula is C16H21NO2. The van der Waals surface area contributed by atoms with Crippen molar-refractivity contribution in [2.45, 2.75) is 44.9 Å².